The van der Waals surface area contributed by atoms with E-state index in [0.717, 1.165) is 22.4 Å². The molecule has 0 radical (unpaired) electrons. The van der Waals surface area contributed by atoms with Gasteiger partial charge in [0.05, 0.1) is 6.61 Å². The lowest BCUT2D eigenvalue weighted by atomic mass is 10.1. The van der Waals surface area contributed by atoms with Crippen LogP contribution in [0.3, 0.4) is 0 Å². The largest absolute Gasteiger partial charge is 0.417 e. The number of aryl methyl sites for hydroxylation is 2. The van der Waals surface area contributed by atoms with E-state index < -0.39 is 0 Å². The van der Waals surface area contributed by atoms with Gasteiger partial charge in [0.25, 0.3) is 0 Å². The Balaban J connectivity index is 2.29. The third-order valence-corrected chi connectivity index (χ3v) is 2.65. The first-order chi connectivity index (χ1) is 8.10. The molecule has 0 bridgehead atoms. The molecule has 0 fully saturated rings. The summed E-state index contributed by atoms with van der Waals surface area (Å²) in [5.41, 5.74) is 3.80. The molecule has 2 rings (SSSR count). The van der Waals surface area contributed by atoms with Crippen molar-refractivity contribution in [1.29, 1.82) is 0 Å². The average Bonchev–Trinajstić information content (AvgIpc) is 2.73. The molecule has 90 valence electrons. The summed E-state index contributed by atoms with van der Waals surface area (Å²) in [5.74, 6) is 0.730. The van der Waals surface area contributed by atoms with Crippen molar-refractivity contribution in [3.8, 4) is 11.8 Å². The summed E-state index contributed by atoms with van der Waals surface area (Å²) >= 11 is 0. The molecule has 0 amide bonds. The Bertz CT molecular complexity index is 531. The molecule has 0 spiro atoms. The maximum Gasteiger partial charge on any atom is 0.399 e. The fraction of sp³-hybridized carbons (Fsp3) is 0.308. The number of oxazole rings is 1. The summed E-state index contributed by atoms with van der Waals surface area (Å²) in [6, 6.07) is 4.03. The van der Waals surface area contributed by atoms with Gasteiger partial charge >= 0.3 is 6.08 Å². The Morgan fingerprint density at radius 1 is 1.29 bits per heavy atom. The van der Waals surface area contributed by atoms with Gasteiger partial charge in [-0.25, -0.2) is 0 Å². The van der Waals surface area contributed by atoms with E-state index in [2.05, 4.69) is 11.1 Å². The molecule has 0 saturated heterocycles. The third kappa shape index (κ3) is 2.47. The van der Waals surface area contributed by atoms with E-state index in [9.17, 15) is 0 Å². The van der Waals surface area contributed by atoms with Gasteiger partial charge in [0.1, 0.15) is 17.7 Å². The molecule has 1 heterocycles. The van der Waals surface area contributed by atoms with Crippen molar-refractivity contribution in [1.82, 2.24) is 4.98 Å². The van der Waals surface area contributed by atoms with E-state index >= 15 is 0 Å². The number of aliphatic hydroxyl groups excluding tert-OH is 1. The minimum absolute atomic E-state index is 0.154. The van der Waals surface area contributed by atoms with E-state index in [-0.39, 0.29) is 12.7 Å². The fourth-order valence-electron chi connectivity index (χ4n) is 1.61. The molecule has 0 aliphatic heterocycles. The minimum atomic E-state index is -0.154. The quantitative estimate of drug-likeness (QED) is 0.885. The van der Waals surface area contributed by atoms with Crippen LogP contribution in [0.25, 0.3) is 0 Å². The highest BCUT2D eigenvalue weighted by molar-refractivity contribution is 5.42. The van der Waals surface area contributed by atoms with Crippen molar-refractivity contribution in [3.05, 3.63) is 40.8 Å². The highest BCUT2D eigenvalue weighted by Crippen LogP contribution is 2.27. The average molecular weight is 233 g/mol. The van der Waals surface area contributed by atoms with Crippen molar-refractivity contribution < 1.29 is 14.3 Å². The van der Waals surface area contributed by atoms with Gasteiger partial charge in [-0.15, -0.1) is 0 Å². The van der Waals surface area contributed by atoms with Gasteiger partial charge < -0.3 is 14.3 Å². The maximum atomic E-state index is 8.88. The molecule has 4 nitrogen and oxygen atoms in total. The first kappa shape index (κ1) is 11.7. The Morgan fingerprint density at radius 2 is 2.06 bits per heavy atom. The first-order valence-corrected chi connectivity index (χ1v) is 5.41. The smallest absolute Gasteiger partial charge is 0.399 e. The van der Waals surface area contributed by atoms with Crippen LogP contribution >= 0.6 is 0 Å². The van der Waals surface area contributed by atoms with Crippen LogP contribution in [0.5, 0.6) is 11.8 Å². The zero-order valence-corrected chi connectivity index (χ0v) is 10.2. The molecule has 1 N–H and O–H groups in total. The van der Waals surface area contributed by atoms with E-state index in [0.29, 0.717) is 5.69 Å². The van der Waals surface area contributed by atoms with Crippen molar-refractivity contribution in [2.24, 2.45) is 0 Å². The normalized spacial score (nSPS) is 10.6. The number of aliphatic hydroxyl groups is 1. The van der Waals surface area contributed by atoms with Crippen molar-refractivity contribution in [2.75, 3.05) is 0 Å². The molecule has 17 heavy (non-hydrogen) atoms. The molecule has 4 heteroatoms. The van der Waals surface area contributed by atoms with Crippen LogP contribution in [0.4, 0.5) is 0 Å². The third-order valence-electron chi connectivity index (χ3n) is 2.65. The summed E-state index contributed by atoms with van der Waals surface area (Å²) in [6.07, 6.45) is 1.54. The van der Waals surface area contributed by atoms with Crippen molar-refractivity contribution in [2.45, 2.75) is 27.4 Å². The van der Waals surface area contributed by atoms with E-state index in [1.165, 1.54) is 6.26 Å². The lowest BCUT2D eigenvalue weighted by Crippen LogP contribution is -1.92. The molecule has 0 unspecified atom stereocenters. The number of aromatic nitrogens is 1. The van der Waals surface area contributed by atoms with E-state index in [4.69, 9.17) is 14.3 Å². The van der Waals surface area contributed by atoms with Gasteiger partial charge in [0.15, 0.2) is 0 Å². The zero-order chi connectivity index (χ0) is 12.4. The molecule has 0 aliphatic rings. The number of rotatable bonds is 3. The van der Waals surface area contributed by atoms with Gasteiger partial charge in [-0.1, -0.05) is 6.07 Å². The van der Waals surface area contributed by atoms with Gasteiger partial charge in [-0.2, -0.15) is 4.98 Å². The fourth-order valence-corrected chi connectivity index (χ4v) is 1.61. The van der Waals surface area contributed by atoms with Crippen LogP contribution in [0, 0.1) is 20.8 Å². The van der Waals surface area contributed by atoms with Gasteiger partial charge in [0.2, 0.25) is 0 Å². The molecular formula is C13H15NO3. The summed E-state index contributed by atoms with van der Waals surface area (Å²) in [6.45, 7) is 5.87. The van der Waals surface area contributed by atoms with Crippen LogP contribution in [-0.2, 0) is 6.61 Å². The monoisotopic (exact) mass is 233 g/mol. The van der Waals surface area contributed by atoms with Crippen molar-refractivity contribution >= 4 is 0 Å². The van der Waals surface area contributed by atoms with Gasteiger partial charge in [-0.05, 0) is 43.5 Å². The summed E-state index contributed by atoms with van der Waals surface area (Å²) in [4.78, 5) is 3.99. The molecule has 2 aromatic rings. The zero-order valence-electron chi connectivity index (χ0n) is 10.2. The SMILES string of the molecule is Cc1cc(C)c(C)c(Oc2nc(CO)co2)c1. The maximum absolute atomic E-state index is 8.88. The summed E-state index contributed by atoms with van der Waals surface area (Å²) < 4.78 is 10.7. The predicted octanol–water partition coefficient (Wildman–Crippen LogP) is 2.88. The second kappa shape index (κ2) is 4.59. The van der Waals surface area contributed by atoms with E-state index in [1.54, 1.807) is 0 Å². The van der Waals surface area contributed by atoms with Crippen molar-refractivity contribution in [3.63, 3.8) is 0 Å². The molecule has 0 saturated carbocycles. The van der Waals surface area contributed by atoms with Crippen LogP contribution in [-0.4, -0.2) is 10.1 Å². The number of benzene rings is 1. The molecule has 1 aromatic heterocycles. The molecule has 0 atom stereocenters. The van der Waals surface area contributed by atoms with Gasteiger partial charge in [-0.3, -0.25) is 0 Å². The van der Waals surface area contributed by atoms with Crippen LogP contribution in [0.1, 0.15) is 22.4 Å². The Morgan fingerprint density at radius 3 is 2.71 bits per heavy atom. The standard InChI is InChI=1S/C13H15NO3/c1-8-4-9(2)10(3)12(5-8)17-13-14-11(6-15)7-16-13/h4-5,7,15H,6H2,1-3H3. The van der Waals surface area contributed by atoms with Crippen LogP contribution in [0.15, 0.2) is 22.8 Å². The van der Waals surface area contributed by atoms with Gasteiger partial charge in [0, 0.05) is 0 Å². The minimum Gasteiger partial charge on any atom is -0.417 e. The summed E-state index contributed by atoms with van der Waals surface area (Å²) in [7, 11) is 0. The van der Waals surface area contributed by atoms with E-state index in [1.807, 2.05) is 26.8 Å². The number of ether oxygens (including phenoxy) is 1. The Hall–Kier alpha value is -1.81. The molecule has 1 aromatic carbocycles. The van der Waals surface area contributed by atoms with Crippen LogP contribution < -0.4 is 4.74 Å². The van der Waals surface area contributed by atoms with Crippen LogP contribution in [0.2, 0.25) is 0 Å². The first-order valence-electron chi connectivity index (χ1n) is 5.41. The summed E-state index contributed by atoms with van der Waals surface area (Å²) in [5, 5.41) is 8.88. The highest BCUT2D eigenvalue weighted by Gasteiger charge is 2.09. The topological polar surface area (TPSA) is 55.5 Å². The number of nitrogens with zero attached hydrogens (tertiary/aromatic N) is 1. The molecular weight excluding hydrogens is 218 g/mol. The number of hydrogen-bond acceptors (Lipinski definition) is 4. The molecule has 0 aliphatic carbocycles. The highest BCUT2D eigenvalue weighted by atomic mass is 16.6. The Kier molecular flexibility index (Phi) is 3.15. The second-order valence-corrected chi connectivity index (χ2v) is 4.07. The predicted molar refractivity (Wildman–Crippen MR) is 63.2 cm³/mol. The Labute approximate surface area is 99.9 Å². The lowest BCUT2D eigenvalue weighted by molar-refractivity contribution is 0.276. The second-order valence-electron chi connectivity index (χ2n) is 4.07. The number of hydrogen-bond donors (Lipinski definition) is 1. The lowest BCUT2D eigenvalue weighted by Gasteiger charge is -2.08.